The molecule has 0 radical (unpaired) electrons. The van der Waals surface area contributed by atoms with E-state index >= 15 is 0 Å². The van der Waals surface area contributed by atoms with Crippen molar-refractivity contribution in [3.8, 4) is 40.1 Å². The Morgan fingerprint density at radius 3 is 2.21 bits per heavy atom. The topological polar surface area (TPSA) is 93.4 Å². The summed E-state index contributed by atoms with van der Waals surface area (Å²) in [6.07, 6.45) is 1.78. The lowest BCUT2D eigenvalue weighted by Gasteiger charge is -2.12. The number of benzene rings is 2. The van der Waals surface area contributed by atoms with Crippen molar-refractivity contribution in [3.63, 3.8) is 0 Å². The third kappa shape index (κ3) is 4.17. The van der Waals surface area contributed by atoms with E-state index in [9.17, 15) is 4.79 Å². The van der Waals surface area contributed by atoms with Crippen molar-refractivity contribution in [1.29, 1.82) is 0 Å². The molecule has 0 spiro atoms. The number of aromatic nitrogens is 3. The Hall–Kier alpha value is -3.79. The number of hydrogen-bond acceptors (Lipinski definition) is 9. The highest BCUT2D eigenvalue weighted by Gasteiger charge is 2.18. The van der Waals surface area contributed by atoms with E-state index in [1.54, 1.807) is 25.3 Å². The lowest BCUT2D eigenvalue weighted by Crippen LogP contribution is -2.23. The fraction of sp³-hybridized carbons (Fsp3) is 0.261. The van der Waals surface area contributed by atoms with Crippen molar-refractivity contribution in [1.82, 2.24) is 14.6 Å². The van der Waals surface area contributed by atoms with Crippen molar-refractivity contribution in [3.05, 3.63) is 50.8 Å². The van der Waals surface area contributed by atoms with E-state index in [4.69, 9.17) is 23.7 Å². The van der Waals surface area contributed by atoms with Gasteiger partial charge < -0.3 is 23.7 Å². The molecule has 0 unspecified atom stereocenters. The second-order valence-electron chi connectivity index (χ2n) is 6.80. The number of thiazole rings is 1. The summed E-state index contributed by atoms with van der Waals surface area (Å²) in [5.41, 5.74) is 1.19. The van der Waals surface area contributed by atoms with Crippen LogP contribution in [0, 0.1) is 0 Å². The fourth-order valence-corrected chi connectivity index (χ4v) is 4.27. The van der Waals surface area contributed by atoms with Crippen LogP contribution in [0.15, 0.2) is 35.1 Å². The minimum absolute atomic E-state index is 0.256. The molecular formula is C23H23N3O6S. The van der Waals surface area contributed by atoms with Crippen LogP contribution in [0.5, 0.6) is 28.7 Å². The number of nitrogens with zero attached hydrogens (tertiary/aromatic N) is 3. The summed E-state index contributed by atoms with van der Waals surface area (Å²) >= 11 is 1.25. The van der Waals surface area contributed by atoms with Gasteiger partial charge in [-0.15, -0.1) is 5.10 Å². The summed E-state index contributed by atoms with van der Waals surface area (Å²) in [5, 5.41) is 4.41. The molecule has 2 aromatic heterocycles. The first-order valence-electron chi connectivity index (χ1n) is 10.0. The van der Waals surface area contributed by atoms with E-state index in [2.05, 4.69) is 10.1 Å². The van der Waals surface area contributed by atoms with Gasteiger partial charge in [-0.05, 0) is 42.8 Å². The molecular weight excluding hydrogens is 446 g/mol. The Morgan fingerprint density at radius 1 is 0.939 bits per heavy atom. The van der Waals surface area contributed by atoms with Gasteiger partial charge >= 0.3 is 0 Å². The third-order valence-corrected chi connectivity index (χ3v) is 5.85. The van der Waals surface area contributed by atoms with Crippen molar-refractivity contribution in [2.75, 3.05) is 35.0 Å². The van der Waals surface area contributed by atoms with Crippen LogP contribution in [-0.4, -0.2) is 49.6 Å². The van der Waals surface area contributed by atoms with Crippen molar-refractivity contribution in [2.24, 2.45) is 0 Å². The van der Waals surface area contributed by atoms with Gasteiger partial charge in [0.05, 0.1) is 39.6 Å². The van der Waals surface area contributed by atoms with E-state index in [1.165, 1.54) is 37.2 Å². The molecule has 172 valence electrons. The van der Waals surface area contributed by atoms with Gasteiger partial charge in [0.15, 0.2) is 28.8 Å². The van der Waals surface area contributed by atoms with Crippen molar-refractivity contribution < 1.29 is 23.7 Å². The van der Waals surface area contributed by atoms with Crippen LogP contribution in [0.3, 0.4) is 0 Å². The maximum absolute atomic E-state index is 13.0. The molecule has 10 heteroatoms. The van der Waals surface area contributed by atoms with Crippen LogP contribution < -0.4 is 33.8 Å². The lowest BCUT2D eigenvalue weighted by molar-refractivity contribution is 0.311. The molecule has 0 N–H and O–H groups in total. The molecule has 0 fully saturated rings. The van der Waals surface area contributed by atoms with Gasteiger partial charge in [-0.2, -0.15) is 9.50 Å². The highest BCUT2D eigenvalue weighted by atomic mass is 32.1. The van der Waals surface area contributed by atoms with E-state index in [0.717, 1.165) is 5.56 Å². The normalized spacial score (nSPS) is 11.6. The van der Waals surface area contributed by atoms with Crippen LogP contribution in [0.4, 0.5) is 0 Å². The minimum atomic E-state index is -0.256. The molecule has 4 rings (SSSR count). The second kappa shape index (κ2) is 9.37. The van der Waals surface area contributed by atoms with Gasteiger partial charge in [-0.1, -0.05) is 17.4 Å². The van der Waals surface area contributed by atoms with E-state index in [0.29, 0.717) is 56.2 Å². The van der Waals surface area contributed by atoms with E-state index in [1.807, 2.05) is 25.1 Å². The standard InChI is InChI=1S/C23H23N3O6S/c1-6-32-15-8-7-13(9-16(15)28-2)10-19-22(27)26-23(33-19)24-21(25-26)14-11-17(29-3)20(31-5)18(12-14)30-4/h7-12H,6H2,1-5H3/b19-10+. The molecule has 0 saturated carbocycles. The number of fused-ring (bicyclic) bond motifs is 1. The maximum Gasteiger partial charge on any atom is 0.291 e. The summed E-state index contributed by atoms with van der Waals surface area (Å²) < 4.78 is 28.9. The third-order valence-electron chi connectivity index (χ3n) is 4.89. The zero-order valence-electron chi connectivity index (χ0n) is 18.9. The van der Waals surface area contributed by atoms with Gasteiger partial charge in [0.2, 0.25) is 10.7 Å². The van der Waals surface area contributed by atoms with Crippen LogP contribution in [0.1, 0.15) is 12.5 Å². The van der Waals surface area contributed by atoms with Crippen LogP contribution in [0.2, 0.25) is 0 Å². The summed E-state index contributed by atoms with van der Waals surface area (Å²) in [6, 6.07) is 8.99. The molecule has 4 aromatic rings. The molecule has 0 saturated heterocycles. The first-order chi connectivity index (χ1) is 16.0. The molecule has 0 aliphatic carbocycles. The van der Waals surface area contributed by atoms with E-state index in [-0.39, 0.29) is 5.56 Å². The number of methoxy groups -OCH3 is 4. The molecule has 2 aromatic carbocycles. The molecule has 2 heterocycles. The highest BCUT2D eigenvalue weighted by Crippen LogP contribution is 2.40. The summed E-state index contributed by atoms with van der Waals surface area (Å²) in [5.74, 6) is 3.06. The maximum atomic E-state index is 13.0. The fourth-order valence-electron chi connectivity index (χ4n) is 3.37. The van der Waals surface area contributed by atoms with Gasteiger partial charge in [0.1, 0.15) is 0 Å². The molecule has 0 aliphatic heterocycles. The smallest absolute Gasteiger partial charge is 0.291 e. The molecule has 0 atom stereocenters. The summed E-state index contributed by atoms with van der Waals surface area (Å²) in [4.78, 5) is 18.0. The average molecular weight is 470 g/mol. The highest BCUT2D eigenvalue weighted by molar-refractivity contribution is 7.15. The first kappa shape index (κ1) is 22.4. The Labute approximate surface area is 193 Å². The number of rotatable bonds is 8. The van der Waals surface area contributed by atoms with Gasteiger partial charge in [0.25, 0.3) is 5.56 Å². The minimum Gasteiger partial charge on any atom is -0.493 e. The van der Waals surface area contributed by atoms with Crippen LogP contribution >= 0.6 is 11.3 Å². The van der Waals surface area contributed by atoms with Gasteiger partial charge in [-0.3, -0.25) is 4.79 Å². The van der Waals surface area contributed by atoms with Crippen molar-refractivity contribution in [2.45, 2.75) is 6.92 Å². The van der Waals surface area contributed by atoms with Crippen LogP contribution in [0.25, 0.3) is 22.4 Å². The monoisotopic (exact) mass is 469 g/mol. The zero-order chi connectivity index (χ0) is 23.5. The summed E-state index contributed by atoms with van der Waals surface area (Å²) in [6.45, 7) is 2.44. The van der Waals surface area contributed by atoms with Gasteiger partial charge in [-0.25, -0.2) is 0 Å². The van der Waals surface area contributed by atoms with Crippen LogP contribution in [-0.2, 0) is 0 Å². The first-order valence-corrected chi connectivity index (χ1v) is 10.9. The average Bonchev–Trinajstić information content (AvgIpc) is 3.38. The Balaban J connectivity index is 1.75. The molecule has 0 bridgehead atoms. The molecule has 0 aliphatic rings. The predicted octanol–water partition coefficient (Wildman–Crippen LogP) is 2.80. The predicted molar refractivity (Wildman–Crippen MR) is 125 cm³/mol. The molecule has 0 amide bonds. The number of hydrogen-bond donors (Lipinski definition) is 0. The van der Waals surface area contributed by atoms with Gasteiger partial charge in [0, 0.05) is 5.56 Å². The Bertz CT molecular complexity index is 1390. The van der Waals surface area contributed by atoms with E-state index < -0.39 is 0 Å². The Kier molecular flexibility index (Phi) is 6.36. The Morgan fingerprint density at radius 2 is 1.64 bits per heavy atom. The number of ether oxygens (including phenoxy) is 5. The largest absolute Gasteiger partial charge is 0.493 e. The van der Waals surface area contributed by atoms with Crippen molar-refractivity contribution >= 4 is 22.4 Å². The lowest BCUT2D eigenvalue weighted by atomic mass is 10.1. The summed E-state index contributed by atoms with van der Waals surface area (Å²) in [7, 11) is 6.18. The quantitative estimate of drug-likeness (QED) is 0.389. The second-order valence-corrected chi connectivity index (χ2v) is 7.81. The molecule has 9 nitrogen and oxygen atoms in total. The SMILES string of the molecule is CCOc1ccc(/C=c2/sc3nc(-c4cc(OC)c(OC)c(OC)c4)nn3c2=O)cc1OC. The molecule has 33 heavy (non-hydrogen) atoms. The zero-order valence-corrected chi connectivity index (χ0v) is 19.7.